The maximum absolute atomic E-state index is 13.5. The minimum absolute atomic E-state index is 0.00950. The van der Waals surface area contributed by atoms with Crippen LogP contribution in [-0.4, -0.2) is 42.1 Å². The molecule has 98 valence electrons. The monoisotopic (exact) mass is 252 g/mol. The summed E-state index contributed by atoms with van der Waals surface area (Å²) in [6.45, 7) is 1.76. The summed E-state index contributed by atoms with van der Waals surface area (Å²) in [6, 6.07) is 3.86. The molecule has 0 radical (unpaired) electrons. The molecule has 1 aliphatic heterocycles. The predicted octanol–water partition coefficient (Wildman–Crippen LogP) is 1.36. The smallest absolute Gasteiger partial charge is 0.258 e. The van der Waals surface area contributed by atoms with Gasteiger partial charge in [0, 0.05) is 12.6 Å². The second-order valence-electron chi connectivity index (χ2n) is 4.71. The van der Waals surface area contributed by atoms with Gasteiger partial charge >= 0.3 is 0 Å². The lowest BCUT2D eigenvalue weighted by atomic mass is 10.1. The number of amides is 1. The Kier molecular flexibility index (Phi) is 3.81. The number of carbonyl (C=O) groups excluding carboxylic acids is 1. The third-order valence-corrected chi connectivity index (χ3v) is 3.18. The van der Waals surface area contributed by atoms with Crippen molar-refractivity contribution in [1.29, 1.82) is 0 Å². The maximum atomic E-state index is 13.5. The van der Waals surface area contributed by atoms with Crippen LogP contribution in [0.4, 0.5) is 4.39 Å². The lowest BCUT2D eigenvalue weighted by molar-refractivity contribution is 0.0905. The Bertz CT molecular complexity index is 430. The predicted molar refractivity (Wildman–Crippen MR) is 66.1 cm³/mol. The number of piperidine rings is 1. The fourth-order valence-electron chi connectivity index (χ4n) is 2.28. The highest BCUT2D eigenvalue weighted by molar-refractivity contribution is 5.97. The molecule has 1 aliphatic rings. The van der Waals surface area contributed by atoms with E-state index in [1.54, 1.807) is 0 Å². The number of hydrogen-bond donors (Lipinski definition) is 2. The largest absolute Gasteiger partial charge is 0.507 e. The van der Waals surface area contributed by atoms with Gasteiger partial charge in [0.15, 0.2) is 0 Å². The van der Waals surface area contributed by atoms with Crippen LogP contribution in [0.2, 0.25) is 0 Å². The number of nitrogens with zero attached hydrogens (tertiary/aromatic N) is 1. The molecule has 0 saturated carbocycles. The van der Waals surface area contributed by atoms with Gasteiger partial charge in [0.25, 0.3) is 5.91 Å². The molecule has 0 spiro atoms. The summed E-state index contributed by atoms with van der Waals surface area (Å²) < 4.78 is 13.5. The standard InChI is InChI=1S/C13H17FN2O2/c1-16-7-3-4-9(8-16)15-13(18)12-10(14)5-2-6-11(12)17/h2,5-6,9,17H,3-4,7-8H2,1H3,(H,15,18). The van der Waals surface area contributed by atoms with Gasteiger partial charge < -0.3 is 15.3 Å². The van der Waals surface area contributed by atoms with Gasteiger partial charge in [-0.2, -0.15) is 0 Å². The molecular weight excluding hydrogens is 235 g/mol. The number of phenolic OH excluding ortho intramolecular Hbond substituents is 1. The van der Waals surface area contributed by atoms with Gasteiger partial charge in [-0.3, -0.25) is 4.79 Å². The molecule has 4 nitrogen and oxygen atoms in total. The van der Waals surface area contributed by atoms with E-state index in [4.69, 9.17) is 0 Å². The fourth-order valence-corrected chi connectivity index (χ4v) is 2.28. The number of aromatic hydroxyl groups is 1. The van der Waals surface area contributed by atoms with Gasteiger partial charge in [-0.05, 0) is 38.6 Å². The number of nitrogens with one attached hydrogen (secondary N) is 1. The van der Waals surface area contributed by atoms with E-state index in [-0.39, 0.29) is 17.4 Å². The summed E-state index contributed by atoms with van der Waals surface area (Å²) in [5, 5.41) is 12.3. The lowest BCUT2D eigenvalue weighted by Gasteiger charge is -2.30. The first-order valence-electron chi connectivity index (χ1n) is 6.05. The van der Waals surface area contributed by atoms with Crippen LogP contribution in [0.3, 0.4) is 0 Å². The van der Waals surface area contributed by atoms with E-state index in [1.165, 1.54) is 18.2 Å². The Morgan fingerprint density at radius 2 is 2.33 bits per heavy atom. The Morgan fingerprint density at radius 1 is 1.56 bits per heavy atom. The maximum Gasteiger partial charge on any atom is 0.258 e. The van der Waals surface area contributed by atoms with Crippen molar-refractivity contribution < 1.29 is 14.3 Å². The van der Waals surface area contributed by atoms with Crippen LogP contribution in [0, 0.1) is 5.82 Å². The van der Waals surface area contributed by atoms with E-state index in [0.717, 1.165) is 25.9 Å². The number of benzene rings is 1. The molecule has 1 heterocycles. The number of carbonyl (C=O) groups is 1. The minimum Gasteiger partial charge on any atom is -0.507 e. The van der Waals surface area contributed by atoms with Crippen molar-refractivity contribution in [2.45, 2.75) is 18.9 Å². The first kappa shape index (κ1) is 12.8. The fraction of sp³-hybridized carbons (Fsp3) is 0.462. The number of hydrogen-bond acceptors (Lipinski definition) is 3. The van der Waals surface area contributed by atoms with Crippen molar-refractivity contribution in [2.24, 2.45) is 0 Å². The Balaban J connectivity index is 2.07. The molecule has 1 unspecified atom stereocenters. The zero-order valence-electron chi connectivity index (χ0n) is 10.3. The van der Waals surface area contributed by atoms with Crippen LogP contribution in [-0.2, 0) is 0 Å². The Morgan fingerprint density at radius 3 is 3.00 bits per heavy atom. The van der Waals surface area contributed by atoms with Crippen molar-refractivity contribution in [3.05, 3.63) is 29.6 Å². The summed E-state index contributed by atoms with van der Waals surface area (Å²) in [4.78, 5) is 14.1. The first-order chi connectivity index (χ1) is 8.58. The summed E-state index contributed by atoms with van der Waals surface area (Å²) in [6.07, 6.45) is 1.88. The number of rotatable bonds is 2. The zero-order valence-corrected chi connectivity index (χ0v) is 10.3. The van der Waals surface area contributed by atoms with E-state index in [0.29, 0.717) is 0 Å². The van der Waals surface area contributed by atoms with E-state index >= 15 is 0 Å². The highest BCUT2D eigenvalue weighted by Gasteiger charge is 2.22. The number of likely N-dealkylation sites (tertiary alicyclic amines) is 1. The molecule has 0 aliphatic carbocycles. The SMILES string of the molecule is CN1CCCC(NC(=O)c2c(O)cccc2F)C1. The van der Waals surface area contributed by atoms with Crippen LogP contribution < -0.4 is 5.32 Å². The normalized spacial score (nSPS) is 20.7. The van der Waals surface area contributed by atoms with Crippen LogP contribution in [0.1, 0.15) is 23.2 Å². The van der Waals surface area contributed by atoms with Crippen molar-refractivity contribution >= 4 is 5.91 Å². The highest BCUT2D eigenvalue weighted by Crippen LogP contribution is 2.20. The summed E-state index contributed by atoms with van der Waals surface area (Å²) in [5.41, 5.74) is -0.272. The van der Waals surface area contributed by atoms with Crippen molar-refractivity contribution in [3.63, 3.8) is 0 Å². The second-order valence-corrected chi connectivity index (χ2v) is 4.71. The van der Waals surface area contributed by atoms with Crippen LogP contribution in [0.15, 0.2) is 18.2 Å². The number of likely N-dealkylation sites (N-methyl/N-ethyl adjacent to an activating group) is 1. The summed E-state index contributed by atoms with van der Waals surface area (Å²) in [7, 11) is 1.99. The van der Waals surface area contributed by atoms with E-state index in [2.05, 4.69) is 10.2 Å². The minimum atomic E-state index is -0.698. The zero-order chi connectivity index (χ0) is 13.1. The Hall–Kier alpha value is -1.62. The molecule has 0 bridgehead atoms. The van der Waals surface area contributed by atoms with Crippen LogP contribution in [0.25, 0.3) is 0 Å². The first-order valence-corrected chi connectivity index (χ1v) is 6.05. The Labute approximate surface area is 105 Å². The van der Waals surface area contributed by atoms with E-state index in [1.807, 2.05) is 7.05 Å². The van der Waals surface area contributed by atoms with Crippen molar-refractivity contribution in [3.8, 4) is 5.75 Å². The average molecular weight is 252 g/mol. The molecule has 1 aromatic rings. The van der Waals surface area contributed by atoms with Crippen molar-refractivity contribution in [2.75, 3.05) is 20.1 Å². The number of halogens is 1. The van der Waals surface area contributed by atoms with Crippen LogP contribution in [0.5, 0.6) is 5.75 Å². The molecule has 18 heavy (non-hydrogen) atoms. The van der Waals surface area contributed by atoms with Gasteiger partial charge in [-0.25, -0.2) is 4.39 Å². The average Bonchev–Trinajstić information content (AvgIpc) is 2.28. The van der Waals surface area contributed by atoms with Crippen LogP contribution >= 0.6 is 0 Å². The third kappa shape index (κ3) is 2.79. The molecular formula is C13H17FN2O2. The van der Waals surface area contributed by atoms with Gasteiger partial charge in [-0.1, -0.05) is 6.07 Å². The summed E-state index contributed by atoms with van der Waals surface area (Å²) in [5.74, 6) is -1.57. The second kappa shape index (κ2) is 5.35. The molecule has 1 fully saturated rings. The molecule has 1 saturated heterocycles. The summed E-state index contributed by atoms with van der Waals surface area (Å²) >= 11 is 0. The molecule has 0 aromatic heterocycles. The quantitative estimate of drug-likeness (QED) is 0.835. The third-order valence-electron chi connectivity index (χ3n) is 3.18. The van der Waals surface area contributed by atoms with Gasteiger partial charge in [0.1, 0.15) is 17.1 Å². The highest BCUT2D eigenvalue weighted by atomic mass is 19.1. The van der Waals surface area contributed by atoms with Crippen molar-refractivity contribution in [1.82, 2.24) is 10.2 Å². The lowest BCUT2D eigenvalue weighted by Crippen LogP contribution is -2.46. The molecule has 1 atom stereocenters. The molecule has 1 amide bonds. The van der Waals surface area contributed by atoms with Gasteiger partial charge in [-0.15, -0.1) is 0 Å². The number of phenols is 1. The van der Waals surface area contributed by atoms with E-state index in [9.17, 15) is 14.3 Å². The molecule has 2 rings (SSSR count). The van der Waals surface area contributed by atoms with E-state index < -0.39 is 11.7 Å². The van der Waals surface area contributed by atoms with Gasteiger partial charge in [0.2, 0.25) is 0 Å². The molecule has 1 aromatic carbocycles. The molecule has 2 N–H and O–H groups in total. The van der Waals surface area contributed by atoms with Gasteiger partial charge in [0.05, 0.1) is 0 Å². The topological polar surface area (TPSA) is 52.6 Å². The molecule has 5 heteroatoms.